The van der Waals surface area contributed by atoms with Crippen molar-refractivity contribution in [2.75, 3.05) is 5.32 Å². The molecule has 2 aromatic carbocycles. The van der Waals surface area contributed by atoms with Crippen LogP contribution in [0.5, 0.6) is 0 Å². The fourth-order valence-electron chi connectivity index (χ4n) is 2.19. The molecule has 0 spiro atoms. The number of benzene rings is 2. The van der Waals surface area contributed by atoms with Crippen molar-refractivity contribution in [2.45, 2.75) is 4.90 Å². The Morgan fingerprint density at radius 2 is 1.73 bits per heavy atom. The van der Waals surface area contributed by atoms with Gasteiger partial charge in [0, 0.05) is 4.90 Å². The fourth-order valence-corrected chi connectivity index (χ4v) is 3.99. The van der Waals surface area contributed by atoms with Crippen molar-refractivity contribution in [3.8, 4) is 0 Å². The Bertz CT molecular complexity index is 901. The van der Waals surface area contributed by atoms with Gasteiger partial charge < -0.3 is 5.32 Å². The molecular weight excluding hydrogens is 396 g/mol. The first kappa shape index (κ1) is 18.9. The monoisotopic (exact) mass is 408 g/mol. The summed E-state index contributed by atoms with van der Waals surface area (Å²) < 4.78 is 33.9. The van der Waals surface area contributed by atoms with Gasteiger partial charge in [0.25, 0.3) is 0 Å². The zero-order valence-corrected chi connectivity index (χ0v) is 15.6. The SMILES string of the molecule is C(=Cc1nc2ccccc2s1)C=C1Nc2ccccc2S1.[O-][Cl+3]([O-])([O-])O. The second-order valence-corrected chi connectivity index (χ2v) is 7.97. The van der Waals surface area contributed by atoms with Crippen LogP contribution in [-0.4, -0.2) is 9.64 Å². The predicted molar refractivity (Wildman–Crippen MR) is 94.9 cm³/mol. The van der Waals surface area contributed by atoms with Crippen LogP contribution >= 0.6 is 23.1 Å². The Morgan fingerprint density at radius 1 is 1.04 bits per heavy atom. The van der Waals surface area contributed by atoms with Crippen molar-refractivity contribution in [2.24, 2.45) is 0 Å². The Balaban J connectivity index is 0.000000349. The van der Waals surface area contributed by atoms with E-state index in [1.54, 1.807) is 23.1 Å². The van der Waals surface area contributed by atoms with Crippen LogP contribution in [0.15, 0.2) is 70.6 Å². The molecule has 0 aliphatic carbocycles. The van der Waals surface area contributed by atoms with Gasteiger partial charge in [-0.05, 0) is 36.4 Å². The zero-order chi connectivity index (χ0) is 18.6. The highest BCUT2D eigenvalue weighted by Crippen LogP contribution is 2.40. The summed E-state index contributed by atoms with van der Waals surface area (Å²) in [6.45, 7) is 0. The Morgan fingerprint density at radius 3 is 2.46 bits per heavy atom. The Kier molecular flexibility index (Phi) is 5.94. The van der Waals surface area contributed by atoms with Gasteiger partial charge in [-0.3, -0.25) is 0 Å². The van der Waals surface area contributed by atoms with Crippen LogP contribution in [0.2, 0.25) is 0 Å². The van der Waals surface area contributed by atoms with E-state index in [2.05, 4.69) is 52.8 Å². The molecule has 0 unspecified atom stereocenters. The first-order valence-corrected chi connectivity index (χ1v) is 10.2. The lowest BCUT2D eigenvalue weighted by Crippen LogP contribution is -2.58. The number of hydrogen-bond acceptors (Lipinski definition) is 8. The molecule has 1 aromatic heterocycles. The molecule has 9 heteroatoms. The lowest BCUT2D eigenvalue weighted by Gasteiger charge is -2.03. The van der Waals surface area contributed by atoms with Crippen molar-refractivity contribution < 1.29 is 28.9 Å². The van der Waals surface area contributed by atoms with Crippen LogP contribution in [-0.2, 0) is 0 Å². The minimum absolute atomic E-state index is 1.04. The number of allylic oxidation sites excluding steroid dienone is 2. The molecule has 6 nitrogen and oxygen atoms in total. The number of nitrogens with zero attached hydrogens (tertiary/aromatic N) is 1. The van der Waals surface area contributed by atoms with Crippen molar-refractivity contribution >= 4 is 45.1 Å². The average molecular weight is 409 g/mol. The van der Waals surface area contributed by atoms with Crippen molar-refractivity contribution in [1.29, 1.82) is 0 Å². The summed E-state index contributed by atoms with van der Waals surface area (Å²) in [5.41, 5.74) is 2.25. The molecular formula is C17H13ClN2O4S2. The molecule has 26 heavy (non-hydrogen) atoms. The first-order valence-electron chi connectivity index (χ1n) is 7.29. The van der Waals surface area contributed by atoms with Gasteiger partial charge in [-0.25, -0.2) is 4.98 Å². The van der Waals surface area contributed by atoms with E-state index in [9.17, 15) is 0 Å². The minimum Gasteiger partial charge on any atom is -0.349 e. The highest BCUT2D eigenvalue weighted by Gasteiger charge is 2.13. The quantitative estimate of drug-likeness (QED) is 0.655. The molecule has 0 fully saturated rings. The molecule has 0 saturated heterocycles. The summed E-state index contributed by atoms with van der Waals surface area (Å²) >= 11 is 3.47. The number of thioether (sulfide) groups is 1. The van der Waals surface area contributed by atoms with E-state index >= 15 is 0 Å². The number of nitrogens with one attached hydrogen (secondary N) is 1. The van der Waals surface area contributed by atoms with E-state index in [1.807, 2.05) is 24.3 Å². The Hall–Kier alpha value is -1.91. The van der Waals surface area contributed by atoms with Gasteiger partial charge in [-0.15, -0.1) is 11.3 Å². The standard InChI is InChI=1S/C17H12N2S2.ClHO4/c1-3-8-14-12(6-1)18-16(20-14)10-5-11-17-19-13-7-2-4-9-15(13)21-17;2-1(3,4)5/h1-11,18H;(H,2,3,4,5). The summed E-state index contributed by atoms with van der Waals surface area (Å²) in [5.74, 6) is 0. The van der Waals surface area contributed by atoms with Gasteiger partial charge in [-0.2, -0.15) is 14.0 Å². The number of rotatable bonds is 2. The van der Waals surface area contributed by atoms with Crippen LogP contribution in [0.4, 0.5) is 5.69 Å². The first-order chi connectivity index (χ1) is 12.4. The van der Waals surface area contributed by atoms with E-state index in [1.165, 1.54) is 15.3 Å². The second kappa shape index (κ2) is 8.19. The van der Waals surface area contributed by atoms with Crippen LogP contribution in [0.3, 0.4) is 0 Å². The number of hydrogen-bond donors (Lipinski definition) is 2. The summed E-state index contributed by atoms with van der Waals surface area (Å²) in [7, 11) is -4.69. The van der Waals surface area contributed by atoms with Crippen LogP contribution in [0.25, 0.3) is 16.3 Å². The lowest BCUT2D eigenvalue weighted by atomic mass is 10.3. The van der Waals surface area contributed by atoms with E-state index in [0.29, 0.717) is 0 Å². The number of fused-ring (bicyclic) bond motifs is 2. The number of anilines is 1. The van der Waals surface area contributed by atoms with Gasteiger partial charge in [0.2, 0.25) is 0 Å². The highest BCUT2D eigenvalue weighted by molar-refractivity contribution is 8.03. The molecule has 0 radical (unpaired) electrons. The predicted octanol–water partition coefficient (Wildman–Crippen LogP) is 1.24. The summed E-state index contributed by atoms with van der Waals surface area (Å²) in [4.78, 5) is 5.87. The molecule has 2 N–H and O–H groups in total. The number of aromatic nitrogens is 1. The van der Waals surface area contributed by atoms with Gasteiger partial charge >= 0.3 is 0 Å². The highest BCUT2D eigenvalue weighted by atomic mass is 35.7. The molecule has 0 amide bonds. The lowest BCUT2D eigenvalue weighted by molar-refractivity contribution is -1.92. The third kappa shape index (κ3) is 5.55. The largest absolute Gasteiger partial charge is 0.349 e. The Labute approximate surface area is 159 Å². The van der Waals surface area contributed by atoms with Crippen molar-refractivity contribution in [1.82, 2.24) is 4.98 Å². The van der Waals surface area contributed by atoms with Gasteiger partial charge in [0.05, 0.1) is 35.8 Å². The van der Waals surface area contributed by atoms with E-state index < -0.39 is 10.2 Å². The normalized spacial score (nSPS) is 15.0. The maximum Gasteiger partial charge on any atom is 0.117 e. The molecule has 1 aliphatic rings. The van der Waals surface area contributed by atoms with E-state index in [-0.39, 0.29) is 0 Å². The second-order valence-electron chi connectivity index (χ2n) is 5.03. The molecule has 134 valence electrons. The molecule has 2 heterocycles. The molecule has 0 saturated carbocycles. The molecule has 0 atom stereocenters. The number of thiazole rings is 1. The molecule has 3 aromatic rings. The molecule has 4 rings (SSSR count). The maximum atomic E-state index is 8.60. The number of para-hydroxylation sites is 2. The van der Waals surface area contributed by atoms with Gasteiger partial charge in [0.15, 0.2) is 0 Å². The summed E-state index contributed by atoms with van der Waals surface area (Å²) in [6, 6.07) is 16.6. The summed E-state index contributed by atoms with van der Waals surface area (Å²) in [6.07, 6.45) is 6.21. The fraction of sp³-hybridized carbons (Fsp3) is 0. The summed E-state index contributed by atoms with van der Waals surface area (Å²) in [5, 5.41) is 5.59. The molecule has 1 aliphatic heterocycles. The number of halogens is 1. The van der Waals surface area contributed by atoms with Crippen molar-refractivity contribution in [3.63, 3.8) is 0 Å². The van der Waals surface area contributed by atoms with Crippen LogP contribution in [0.1, 0.15) is 5.01 Å². The van der Waals surface area contributed by atoms with Crippen molar-refractivity contribution in [3.05, 3.63) is 70.7 Å². The zero-order valence-electron chi connectivity index (χ0n) is 13.2. The third-order valence-corrected chi connectivity index (χ3v) is 5.20. The maximum absolute atomic E-state index is 8.60. The topological polar surface area (TPSA) is 114 Å². The van der Waals surface area contributed by atoms with Gasteiger partial charge in [0.1, 0.15) is 5.01 Å². The average Bonchev–Trinajstić information content (AvgIpc) is 3.15. The van der Waals surface area contributed by atoms with Gasteiger partial charge in [-0.1, -0.05) is 42.1 Å². The van der Waals surface area contributed by atoms with Crippen LogP contribution in [0, 0.1) is 10.2 Å². The van der Waals surface area contributed by atoms with E-state index in [4.69, 9.17) is 18.6 Å². The minimum atomic E-state index is -4.69. The third-order valence-electron chi connectivity index (χ3n) is 3.16. The molecule has 0 bridgehead atoms. The smallest absolute Gasteiger partial charge is 0.117 e. The van der Waals surface area contributed by atoms with E-state index in [0.717, 1.165) is 15.6 Å². The van der Waals surface area contributed by atoms with Crippen LogP contribution < -0.4 is 19.3 Å².